The Kier molecular flexibility index (Phi) is 6.21. The van der Waals surface area contributed by atoms with E-state index in [0.717, 1.165) is 36.9 Å². The molecule has 2 heterocycles. The summed E-state index contributed by atoms with van der Waals surface area (Å²) in [6.45, 7) is 4.06. The Labute approximate surface area is 140 Å². The molecule has 0 aliphatic rings. The molecule has 0 saturated heterocycles. The quantitative estimate of drug-likeness (QED) is 0.625. The molecule has 0 aliphatic carbocycles. The fraction of sp³-hybridized carbons (Fsp3) is 0.400. The van der Waals surface area contributed by atoms with Crippen molar-refractivity contribution in [1.82, 2.24) is 15.2 Å². The summed E-state index contributed by atoms with van der Waals surface area (Å²) in [5.41, 5.74) is 0.957. The van der Waals surface area contributed by atoms with Crippen LogP contribution in [0.25, 0.3) is 0 Å². The summed E-state index contributed by atoms with van der Waals surface area (Å²) in [5, 5.41) is 7.56. The summed E-state index contributed by atoms with van der Waals surface area (Å²) in [6, 6.07) is 5.68. The average molecular weight is 343 g/mol. The highest BCUT2D eigenvalue weighted by atomic mass is 35.5. The molecule has 0 saturated carbocycles. The van der Waals surface area contributed by atoms with Gasteiger partial charge in [-0.05, 0) is 25.1 Å². The normalized spacial score (nSPS) is 11.7. The SMILES string of the molecule is CCNC(=NCc1cc(Cl)c(Cl)n1C)NCCc1ccco1. The molecule has 0 bridgehead atoms. The zero-order chi connectivity index (χ0) is 15.9. The van der Waals surface area contributed by atoms with E-state index in [-0.39, 0.29) is 0 Å². The molecule has 120 valence electrons. The molecule has 0 unspecified atom stereocenters. The molecule has 0 radical (unpaired) electrons. The van der Waals surface area contributed by atoms with Gasteiger partial charge < -0.3 is 19.6 Å². The van der Waals surface area contributed by atoms with Gasteiger partial charge in [0.1, 0.15) is 10.9 Å². The number of furan rings is 1. The Morgan fingerprint density at radius 3 is 2.77 bits per heavy atom. The second-order valence-corrected chi connectivity index (χ2v) is 5.55. The van der Waals surface area contributed by atoms with Gasteiger partial charge in [-0.2, -0.15) is 0 Å². The summed E-state index contributed by atoms with van der Waals surface area (Å²) in [7, 11) is 1.87. The lowest BCUT2D eigenvalue weighted by Crippen LogP contribution is -2.38. The van der Waals surface area contributed by atoms with Crippen LogP contribution in [0.4, 0.5) is 0 Å². The van der Waals surface area contributed by atoms with Crippen LogP contribution in [0.15, 0.2) is 33.9 Å². The van der Waals surface area contributed by atoms with Gasteiger partial charge in [0.15, 0.2) is 5.96 Å². The van der Waals surface area contributed by atoms with Crippen molar-refractivity contribution >= 4 is 29.2 Å². The predicted molar refractivity (Wildman–Crippen MR) is 90.7 cm³/mol. The number of aromatic nitrogens is 1. The first-order valence-corrected chi connectivity index (χ1v) is 7.91. The Hall–Kier alpha value is -1.59. The number of nitrogens with one attached hydrogen (secondary N) is 2. The van der Waals surface area contributed by atoms with Crippen LogP contribution in [0.5, 0.6) is 0 Å². The maximum Gasteiger partial charge on any atom is 0.191 e. The second kappa shape index (κ2) is 8.15. The lowest BCUT2D eigenvalue weighted by atomic mass is 10.3. The van der Waals surface area contributed by atoms with Crippen molar-refractivity contribution < 1.29 is 4.42 Å². The minimum atomic E-state index is 0.499. The zero-order valence-corrected chi connectivity index (χ0v) is 14.2. The Morgan fingerprint density at radius 2 is 2.18 bits per heavy atom. The molecular formula is C15H20Cl2N4O. The average Bonchev–Trinajstić information content (AvgIpc) is 3.10. The standard InChI is InChI=1S/C15H20Cl2N4O/c1-3-18-15(19-7-6-12-5-4-8-22-12)20-10-11-9-13(16)14(17)21(11)2/h4-5,8-9H,3,6-7,10H2,1-2H3,(H2,18,19,20). The molecule has 0 spiro atoms. The second-order valence-electron chi connectivity index (χ2n) is 4.78. The summed E-state index contributed by atoms with van der Waals surface area (Å²) < 4.78 is 7.14. The summed E-state index contributed by atoms with van der Waals surface area (Å²) in [5.74, 6) is 1.70. The molecular weight excluding hydrogens is 323 g/mol. The number of aliphatic imine (C=N–C) groups is 1. The van der Waals surface area contributed by atoms with Crippen LogP contribution in [0.3, 0.4) is 0 Å². The van der Waals surface area contributed by atoms with E-state index >= 15 is 0 Å². The van der Waals surface area contributed by atoms with E-state index in [0.29, 0.717) is 16.7 Å². The largest absolute Gasteiger partial charge is 0.469 e. The van der Waals surface area contributed by atoms with Crippen molar-refractivity contribution in [1.29, 1.82) is 0 Å². The third kappa shape index (κ3) is 4.45. The first-order chi connectivity index (χ1) is 10.6. The van der Waals surface area contributed by atoms with E-state index < -0.39 is 0 Å². The highest BCUT2D eigenvalue weighted by molar-refractivity contribution is 6.41. The molecule has 2 N–H and O–H groups in total. The molecule has 0 amide bonds. The fourth-order valence-electron chi connectivity index (χ4n) is 2.00. The molecule has 2 aromatic rings. The topological polar surface area (TPSA) is 54.5 Å². The number of hydrogen-bond acceptors (Lipinski definition) is 2. The predicted octanol–water partition coefficient (Wildman–Crippen LogP) is 3.22. The number of halogens is 2. The lowest BCUT2D eigenvalue weighted by Gasteiger charge is -2.11. The fourth-order valence-corrected chi connectivity index (χ4v) is 2.42. The van der Waals surface area contributed by atoms with Crippen LogP contribution in [0, 0.1) is 0 Å². The van der Waals surface area contributed by atoms with Gasteiger partial charge in [0.25, 0.3) is 0 Å². The molecule has 0 atom stereocenters. The van der Waals surface area contributed by atoms with Gasteiger partial charge in [0.05, 0.1) is 17.8 Å². The molecule has 0 fully saturated rings. The molecule has 22 heavy (non-hydrogen) atoms. The van der Waals surface area contributed by atoms with Crippen molar-refractivity contribution in [3.05, 3.63) is 46.1 Å². The highest BCUT2D eigenvalue weighted by Gasteiger charge is 2.08. The van der Waals surface area contributed by atoms with Gasteiger partial charge in [-0.25, -0.2) is 4.99 Å². The van der Waals surface area contributed by atoms with Crippen LogP contribution in [-0.2, 0) is 20.0 Å². The van der Waals surface area contributed by atoms with Crippen molar-refractivity contribution in [2.75, 3.05) is 13.1 Å². The maximum atomic E-state index is 6.06. The lowest BCUT2D eigenvalue weighted by molar-refractivity contribution is 0.507. The van der Waals surface area contributed by atoms with Crippen molar-refractivity contribution in [3.63, 3.8) is 0 Å². The highest BCUT2D eigenvalue weighted by Crippen LogP contribution is 2.25. The van der Waals surface area contributed by atoms with E-state index in [1.807, 2.05) is 36.7 Å². The Bertz CT molecular complexity index is 620. The first kappa shape index (κ1) is 16.8. The van der Waals surface area contributed by atoms with Crippen LogP contribution < -0.4 is 10.6 Å². The van der Waals surface area contributed by atoms with E-state index in [9.17, 15) is 0 Å². The van der Waals surface area contributed by atoms with E-state index in [4.69, 9.17) is 27.6 Å². The monoisotopic (exact) mass is 342 g/mol. The van der Waals surface area contributed by atoms with Gasteiger partial charge in [-0.3, -0.25) is 0 Å². The smallest absolute Gasteiger partial charge is 0.191 e. The first-order valence-electron chi connectivity index (χ1n) is 7.16. The van der Waals surface area contributed by atoms with Gasteiger partial charge in [0, 0.05) is 32.3 Å². The molecule has 7 heteroatoms. The number of hydrogen-bond donors (Lipinski definition) is 2. The van der Waals surface area contributed by atoms with E-state index in [2.05, 4.69) is 15.6 Å². The van der Waals surface area contributed by atoms with Crippen molar-refractivity contribution in [3.8, 4) is 0 Å². The van der Waals surface area contributed by atoms with Crippen molar-refractivity contribution in [2.45, 2.75) is 19.9 Å². The molecule has 5 nitrogen and oxygen atoms in total. The molecule has 0 aromatic carbocycles. The Morgan fingerprint density at radius 1 is 1.36 bits per heavy atom. The third-order valence-corrected chi connectivity index (χ3v) is 4.05. The summed E-state index contributed by atoms with van der Waals surface area (Å²) in [6.07, 6.45) is 2.48. The van der Waals surface area contributed by atoms with Gasteiger partial charge in [0.2, 0.25) is 0 Å². The van der Waals surface area contributed by atoms with Crippen LogP contribution in [0.2, 0.25) is 10.2 Å². The minimum Gasteiger partial charge on any atom is -0.469 e. The number of nitrogens with zero attached hydrogens (tertiary/aromatic N) is 2. The third-order valence-electron chi connectivity index (χ3n) is 3.20. The molecule has 2 rings (SSSR count). The zero-order valence-electron chi connectivity index (χ0n) is 12.7. The van der Waals surface area contributed by atoms with Crippen LogP contribution in [0.1, 0.15) is 18.4 Å². The number of guanidine groups is 1. The van der Waals surface area contributed by atoms with Gasteiger partial charge in [-0.1, -0.05) is 23.2 Å². The van der Waals surface area contributed by atoms with Gasteiger partial charge >= 0.3 is 0 Å². The van der Waals surface area contributed by atoms with Gasteiger partial charge in [-0.15, -0.1) is 0 Å². The van der Waals surface area contributed by atoms with Crippen LogP contribution in [-0.4, -0.2) is 23.6 Å². The molecule has 0 aliphatic heterocycles. The maximum absolute atomic E-state index is 6.06. The number of rotatable bonds is 6. The van der Waals surface area contributed by atoms with Crippen molar-refractivity contribution in [2.24, 2.45) is 12.0 Å². The Balaban J connectivity index is 1.92. The summed E-state index contributed by atoms with van der Waals surface area (Å²) in [4.78, 5) is 4.54. The summed E-state index contributed by atoms with van der Waals surface area (Å²) >= 11 is 12.1. The van der Waals surface area contributed by atoms with E-state index in [1.165, 1.54) is 0 Å². The van der Waals surface area contributed by atoms with Crippen LogP contribution >= 0.6 is 23.2 Å². The molecule has 2 aromatic heterocycles. The van der Waals surface area contributed by atoms with E-state index in [1.54, 1.807) is 6.26 Å². The minimum absolute atomic E-state index is 0.499.